The Morgan fingerprint density at radius 1 is 1.26 bits per heavy atom. The van der Waals surface area contributed by atoms with Crippen LogP contribution in [0.4, 0.5) is 4.79 Å². The van der Waals surface area contributed by atoms with E-state index in [9.17, 15) is 9.59 Å². The number of carbonyl (C=O) groups is 2. The summed E-state index contributed by atoms with van der Waals surface area (Å²) in [6.45, 7) is 8.71. The third-order valence-corrected chi connectivity index (χ3v) is 5.32. The maximum absolute atomic E-state index is 12.6. The molecule has 10 heteroatoms. The molecule has 2 unspecified atom stereocenters. The van der Waals surface area contributed by atoms with Crippen molar-refractivity contribution in [3.8, 4) is 0 Å². The lowest BCUT2D eigenvalue weighted by atomic mass is 9.98. The standard InChI is InChI=1S/C21H33N5O4.HI/c1-5-23-19(24-12-16-8-9-17(29-16)18(22)27)25-13-10-14-6-7-15(11-13)26(14)20(28)30-21(2,3)4;/h8-9,13-15H,5-7,10-12H2,1-4H3,(H2,22,27)(H2,23,24,25);1H. The predicted octanol–water partition coefficient (Wildman–Crippen LogP) is 2.98. The normalized spacial score (nSPS) is 23.2. The van der Waals surface area contributed by atoms with Crippen LogP contribution in [0.1, 0.15) is 69.7 Å². The lowest BCUT2D eigenvalue weighted by Crippen LogP contribution is -2.55. The smallest absolute Gasteiger partial charge is 0.410 e. The molecule has 2 aliphatic rings. The molecule has 0 saturated carbocycles. The molecule has 0 aromatic carbocycles. The maximum Gasteiger partial charge on any atom is 0.410 e. The van der Waals surface area contributed by atoms with Crippen molar-refractivity contribution in [3.63, 3.8) is 0 Å². The summed E-state index contributed by atoms with van der Waals surface area (Å²) in [5.74, 6) is 0.789. The predicted molar refractivity (Wildman–Crippen MR) is 128 cm³/mol. The molecule has 9 nitrogen and oxygen atoms in total. The van der Waals surface area contributed by atoms with Crippen LogP contribution < -0.4 is 16.4 Å². The van der Waals surface area contributed by atoms with Gasteiger partial charge in [-0.25, -0.2) is 9.79 Å². The number of furan rings is 1. The number of fused-ring (bicyclic) bond motifs is 2. The van der Waals surface area contributed by atoms with Gasteiger partial charge in [-0.2, -0.15) is 0 Å². The zero-order valence-corrected chi connectivity index (χ0v) is 21.0. The zero-order chi connectivity index (χ0) is 21.9. The molecular weight excluding hydrogens is 513 g/mol. The van der Waals surface area contributed by atoms with Crippen LogP contribution in [-0.2, 0) is 11.3 Å². The van der Waals surface area contributed by atoms with Gasteiger partial charge in [-0.3, -0.25) is 4.79 Å². The van der Waals surface area contributed by atoms with Gasteiger partial charge in [-0.1, -0.05) is 0 Å². The van der Waals surface area contributed by atoms with Crippen molar-refractivity contribution in [2.75, 3.05) is 6.54 Å². The SMILES string of the molecule is CCNC(=NCc1ccc(C(N)=O)o1)NC1CC2CCC(C1)N2C(=O)OC(C)(C)C.I. The molecule has 174 valence electrons. The minimum absolute atomic E-state index is 0. The quantitative estimate of drug-likeness (QED) is 0.296. The number of nitrogens with one attached hydrogen (secondary N) is 2. The van der Waals surface area contributed by atoms with Crippen molar-refractivity contribution < 1.29 is 18.7 Å². The molecule has 2 atom stereocenters. The van der Waals surface area contributed by atoms with Gasteiger partial charge >= 0.3 is 6.09 Å². The molecule has 4 N–H and O–H groups in total. The van der Waals surface area contributed by atoms with E-state index in [2.05, 4.69) is 15.6 Å². The molecule has 0 radical (unpaired) electrons. The fourth-order valence-corrected chi connectivity index (χ4v) is 4.17. The molecule has 0 spiro atoms. The number of rotatable bonds is 5. The number of halogens is 1. The second-order valence-electron chi connectivity index (χ2n) is 8.91. The molecule has 0 aliphatic carbocycles. The Bertz CT molecular complexity index is 790. The van der Waals surface area contributed by atoms with Gasteiger partial charge in [0, 0.05) is 24.7 Å². The summed E-state index contributed by atoms with van der Waals surface area (Å²) in [6.07, 6.45) is 3.49. The van der Waals surface area contributed by atoms with E-state index < -0.39 is 11.5 Å². The number of nitrogens with zero attached hydrogens (tertiary/aromatic N) is 2. The Balaban J connectivity index is 0.00000341. The average molecular weight is 547 g/mol. The summed E-state index contributed by atoms with van der Waals surface area (Å²) in [5.41, 5.74) is 4.73. The number of piperidine rings is 1. The van der Waals surface area contributed by atoms with E-state index in [4.69, 9.17) is 14.9 Å². The Morgan fingerprint density at radius 2 is 1.90 bits per heavy atom. The van der Waals surface area contributed by atoms with E-state index in [1.807, 2.05) is 32.6 Å². The molecule has 31 heavy (non-hydrogen) atoms. The fourth-order valence-electron chi connectivity index (χ4n) is 4.17. The van der Waals surface area contributed by atoms with Gasteiger partial charge < -0.3 is 30.4 Å². The molecule has 2 fully saturated rings. The highest BCUT2D eigenvalue weighted by molar-refractivity contribution is 14.0. The molecular formula is C21H34IN5O4. The van der Waals surface area contributed by atoms with Crippen LogP contribution >= 0.6 is 24.0 Å². The van der Waals surface area contributed by atoms with E-state index in [0.29, 0.717) is 18.3 Å². The number of nitrogens with two attached hydrogens (primary N) is 1. The first-order valence-corrected chi connectivity index (χ1v) is 10.6. The van der Waals surface area contributed by atoms with Crippen LogP contribution in [0, 0.1) is 0 Å². The van der Waals surface area contributed by atoms with Crippen molar-refractivity contribution in [1.82, 2.24) is 15.5 Å². The van der Waals surface area contributed by atoms with E-state index in [1.165, 1.54) is 0 Å². The number of hydrogen-bond acceptors (Lipinski definition) is 5. The summed E-state index contributed by atoms with van der Waals surface area (Å²) >= 11 is 0. The van der Waals surface area contributed by atoms with Gasteiger partial charge in [0.05, 0.1) is 0 Å². The van der Waals surface area contributed by atoms with Crippen molar-refractivity contribution in [3.05, 3.63) is 23.7 Å². The summed E-state index contributed by atoms with van der Waals surface area (Å²) in [5, 5.41) is 6.74. The topological polar surface area (TPSA) is 122 Å². The van der Waals surface area contributed by atoms with Crippen LogP contribution in [0.25, 0.3) is 0 Å². The summed E-state index contributed by atoms with van der Waals surface area (Å²) in [7, 11) is 0. The molecule has 3 rings (SSSR count). The lowest BCUT2D eigenvalue weighted by molar-refractivity contribution is 0.00544. The number of primary amides is 1. The largest absolute Gasteiger partial charge is 0.454 e. The maximum atomic E-state index is 12.6. The van der Waals surface area contributed by atoms with Crippen molar-refractivity contribution >= 4 is 41.9 Å². The van der Waals surface area contributed by atoms with Crippen LogP contribution in [0.5, 0.6) is 0 Å². The van der Waals surface area contributed by atoms with Crippen molar-refractivity contribution in [1.29, 1.82) is 0 Å². The van der Waals surface area contributed by atoms with Crippen LogP contribution in [0.3, 0.4) is 0 Å². The third kappa shape index (κ3) is 6.75. The first kappa shape index (κ1) is 25.3. The monoisotopic (exact) mass is 547 g/mol. The minimum Gasteiger partial charge on any atom is -0.454 e. The van der Waals surface area contributed by atoms with Crippen molar-refractivity contribution in [2.24, 2.45) is 10.7 Å². The Kier molecular flexibility index (Phi) is 8.61. The molecule has 2 saturated heterocycles. The highest BCUT2D eigenvalue weighted by atomic mass is 127. The number of hydrogen-bond donors (Lipinski definition) is 3. The molecule has 3 heterocycles. The van der Waals surface area contributed by atoms with E-state index in [1.54, 1.807) is 12.1 Å². The highest BCUT2D eigenvalue weighted by Gasteiger charge is 2.45. The van der Waals surface area contributed by atoms with Crippen molar-refractivity contribution in [2.45, 2.75) is 83.6 Å². The number of guanidine groups is 1. The minimum atomic E-state index is -0.595. The summed E-state index contributed by atoms with van der Waals surface area (Å²) < 4.78 is 11.0. The zero-order valence-electron chi connectivity index (χ0n) is 18.6. The molecule has 1 aromatic rings. The van der Waals surface area contributed by atoms with Crippen LogP contribution in [0.2, 0.25) is 0 Å². The number of carbonyl (C=O) groups excluding carboxylic acids is 2. The second kappa shape index (κ2) is 10.6. The van der Waals surface area contributed by atoms with E-state index >= 15 is 0 Å². The fraction of sp³-hybridized carbons (Fsp3) is 0.667. The van der Waals surface area contributed by atoms with Gasteiger partial charge in [-0.15, -0.1) is 24.0 Å². The Morgan fingerprint density at radius 3 is 2.42 bits per heavy atom. The van der Waals surface area contributed by atoms with Gasteiger partial charge in [0.25, 0.3) is 5.91 Å². The second-order valence-corrected chi connectivity index (χ2v) is 8.91. The molecule has 2 aliphatic heterocycles. The lowest BCUT2D eigenvalue weighted by Gasteiger charge is -2.40. The Labute approximate surface area is 200 Å². The molecule has 2 amide bonds. The van der Waals surface area contributed by atoms with Gasteiger partial charge in [0.1, 0.15) is 17.9 Å². The van der Waals surface area contributed by atoms with E-state index in [-0.39, 0.29) is 54.0 Å². The summed E-state index contributed by atoms with van der Waals surface area (Å²) in [6, 6.07) is 3.84. The van der Waals surface area contributed by atoms with Gasteiger partial charge in [0.2, 0.25) is 0 Å². The molecule has 2 bridgehead atoms. The van der Waals surface area contributed by atoms with E-state index in [0.717, 1.165) is 32.2 Å². The Hall–Kier alpha value is -1.98. The highest BCUT2D eigenvalue weighted by Crippen LogP contribution is 2.36. The first-order chi connectivity index (χ1) is 14.2. The van der Waals surface area contributed by atoms with Gasteiger partial charge in [0.15, 0.2) is 11.7 Å². The summed E-state index contributed by atoms with van der Waals surface area (Å²) in [4.78, 5) is 30.3. The first-order valence-electron chi connectivity index (χ1n) is 10.6. The van der Waals surface area contributed by atoms with Crippen LogP contribution in [0.15, 0.2) is 21.5 Å². The third-order valence-electron chi connectivity index (χ3n) is 5.32. The number of ether oxygens (including phenoxy) is 1. The van der Waals surface area contributed by atoms with Crippen LogP contribution in [-0.4, -0.2) is 53.1 Å². The number of aliphatic imine (C=N–C) groups is 1. The van der Waals surface area contributed by atoms with Gasteiger partial charge in [-0.05, 0) is 65.5 Å². The molecule has 1 aromatic heterocycles. The average Bonchev–Trinajstić information content (AvgIpc) is 3.22. The number of amides is 2.